The van der Waals surface area contributed by atoms with Gasteiger partial charge in [0, 0.05) is 11.4 Å². The zero-order valence-corrected chi connectivity index (χ0v) is 15.2. The summed E-state index contributed by atoms with van der Waals surface area (Å²) in [6, 6.07) is 0. The van der Waals surface area contributed by atoms with Gasteiger partial charge in [-0.05, 0) is 47.5 Å². The molecule has 1 heterocycles. The van der Waals surface area contributed by atoms with E-state index in [1.807, 2.05) is 0 Å². The highest BCUT2D eigenvalue weighted by Gasteiger charge is 2.23. The van der Waals surface area contributed by atoms with Crippen LogP contribution >= 0.6 is 31.9 Å². The lowest BCUT2D eigenvalue weighted by Crippen LogP contribution is -2.21. The maximum atomic E-state index is 4.64. The van der Waals surface area contributed by atoms with E-state index in [1.165, 1.54) is 15.9 Å². The largest absolute Gasteiger partial charge is 0.268 e. The van der Waals surface area contributed by atoms with Crippen molar-refractivity contribution < 1.29 is 0 Å². The van der Waals surface area contributed by atoms with Gasteiger partial charge in [0.05, 0.1) is 15.9 Å². The minimum absolute atomic E-state index is 0.303. The summed E-state index contributed by atoms with van der Waals surface area (Å²) >= 11 is 7.51. The SMILES string of the molecule is CCc1nn(CC)c(CCC(Br)C(C)(C)C)c1Br. The fourth-order valence-corrected chi connectivity index (χ4v) is 2.94. The van der Waals surface area contributed by atoms with Gasteiger partial charge in [0.2, 0.25) is 0 Å². The zero-order valence-electron chi connectivity index (χ0n) is 12.1. The second kappa shape index (κ2) is 6.56. The lowest BCUT2D eigenvalue weighted by molar-refractivity contribution is 0.383. The molecule has 104 valence electrons. The van der Waals surface area contributed by atoms with E-state index < -0.39 is 0 Å². The highest BCUT2D eigenvalue weighted by molar-refractivity contribution is 9.10. The van der Waals surface area contributed by atoms with Gasteiger partial charge in [-0.1, -0.05) is 43.6 Å². The van der Waals surface area contributed by atoms with E-state index in [9.17, 15) is 0 Å². The molecule has 0 saturated heterocycles. The first kappa shape index (κ1) is 16.2. The quantitative estimate of drug-likeness (QED) is 0.660. The molecule has 0 saturated carbocycles. The highest BCUT2D eigenvalue weighted by atomic mass is 79.9. The monoisotopic (exact) mass is 378 g/mol. The molecule has 0 spiro atoms. The van der Waals surface area contributed by atoms with E-state index in [4.69, 9.17) is 0 Å². The number of aryl methyl sites for hydroxylation is 2. The maximum absolute atomic E-state index is 4.64. The van der Waals surface area contributed by atoms with Crippen molar-refractivity contribution in [3.8, 4) is 0 Å². The Labute approximate surface area is 128 Å². The van der Waals surface area contributed by atoms with Gasteiger partial charge in [0.15, 0.2) is 0 Å². The Morgan fingerprint density at radius 2 is 1.89 bits per heavy atom. The fraction of sp³-hybridized carbons (Fsp3) is 0.786. The van der Waals surface area contributed by atoms with Crippen LogP contribution in [0.2, 0.25) is 0 Å². The molecule has 0 fully saturated rings. The van der Waals surface area contributed by atoms with Gasteiger partial charge in [0.1, 0.15) is 0 Å². The number of rotatable bonds is 5. The fourth-order valence-electron chi connectivity index (χ4n) is 1.95. The van der Waals surface area contributed by atoms with E-state index in [0.29, 0.717) is 10.2 Å². The lowest BCUT2D eigenvalue weighted by Gasteiger charge is -2.25. The summed E-state index contributed by atoms with van der Waals surface area (Å²) < 4.78 is 3.34. The summed E-state index contributed by atoms with van der Waals surface area (Å²) in [6.07, 6.45) is 3.18. The predicted octanol–water partition coefficient (Wildman–Crippen LogP) is 4.97. The van der Waals surface area contributed by atoms with Gasteiger partial charge >= 0.3 is 0 Å². The first-order valence-electron chi connectivity index (χ1n) is 6.69. The van der Waals surface area contributed by atoms with Crippen LogP contribution in [0.25, 0.3) is 0 Å². The average molecular weight is 380 g/mol. The smallest absolute Gasteiger partial charge is 0.0766 e. The van der Waals surface area contributed by atoms with E-state index >= 15 is 0 Å². The van der Waals surface area contributed by atoms with E-state index in [-0.39, 0.29) is 0 Å². The molecule has 0 amide bonds. The molecule has 2 nitrogen and oxygen atoms in total. The molecular formula is C14H24Br2N2. The standard InChI is InChI=1S/C14H24Br2N2/c1-6-10-13(16)11(18(7-2)17-10)8-9-12(15)14(3,4)5/h12H,6-9H2,1-5H3. The summed E-state index contributed by atoms with van der Waals surface area (Å²) in [5.41, 5.74) is 2.81. The third kappa shape index (κ3) is 3.83. The first-order chi connectivity index (χ1) is 8.31. The minimum atomic E-state index is 0.303. The number of aromatic nitrogens is 2. The van der Waals surface area contributed by atoms with E-state index in [2.05, 4.69) is 76.3 Å². The Bertz CT molecular complexity index is 391. The van der Waals surface area contributed by atoms with Gasteiger partial charge in [-0.25, -0.2) is 0 Å². The molecule has 0 N–H and O–H groups in total. The van der Waals surface area contributed by atoms with Gasteiger partial charge in [0.25, 0.3) is 0 Å². The third-order valence-corrected chi connectivity index (χ3v) is 6.02. The van der Waals surface area contributed by atoms with Gasteiger partial charge < -0.3 is 0 Å². The van der Waals surface area contributed by atoms with Crippen LogP contribution in [0, 0.1) is 5.41 Å². The first-order valence-corrected chi connectivity index (χ1v) is 8.40. The Kier molecular flexibility index (Phi) is 5.91. The van der Waals surface area contributed by atoms with Gasteiger partial charge in [-0.3, -0.25) is 4.68 Å². The Morgan fingerprint density at radius 1 is 1.28 bits per heavy atom. The topological polar surface area (TPSA) is 17.8 Å². The molecular weight excluding hydrogens is 356 g/mol. The second-order valence-electron chi connectivity index (χ2n) is 5.75. The van der Waals surface area contributed by atoms with Crippen LogP contribution in [-0.2, 0) is 19.4 Å². The number of nitrogens with zero attached hydrogens (tertiary/aromatic N) is 2. The van der Waals surface area contributed by atoms with Crippen molar-refractivity contribution in [1.29, 1.82) is 0 Å². The Morgan fingerprint density at radius 3 is 2.33 bits per heavy atom. The van der Waals surface area contributed by atoms with Crippen LogP contribution in [0.4, 0.5) is 0 Å². The van der Waals surface area contributed by atoms with Crippen molar-refractivity contribution >= 4 is 31.9 Å². The average Bonchev–Trinajstić information content (AvgIpc) is 2.61. The molecule has 0 aliphatic rings. The minimum Gasteiger partial charge on any atom is -0.268 e. The van der Waals surface area contributed by atoms with Crippen LogP contribution in [0.5, 0.6) is 0 Å². The maximum Gasteiger partial charge on any atom is 0.0766 e. The summed E-state index contributed by atoms with van der Waals surface area (Å²) in [5.74, 6) is 0. The van der Waals surface area contributed by atoms with E-state index in [0.717, 1.165) is 25.8 Å². The van der Waals surface area contributed by atoms with Crippen molar-refractivity contribution in [2.24, 2.45) is 5.41 Å². The summed E-state index contributed by atoms with van der Waals surface area (Å²) in [4.78, 5) is 0.530. The van der Waals surface area contributed by atoms with Crippen LogP contribution in [-0.4, -0.2) is 14.6 Å². The van der Waals surface area contributed by atoms with Crippen molar-refractivity contribution in [3.63, 3.8) is 0 Å². The number of halogens is 2. The van der Waals surface area contributed by atoms with Crippen LogP contribution in [0.3, 0.4) is 0 Å². The zero-order chi connectivity index (χ0) is 13.9. The van der Waals surface area contributed by atoms with Crippen molar-refractivity contribution in [2.75, 3.05) is 0 Å². The predicted molar refractivity (Wildman–Crippen MR) is 85.5 cm³/mol. The van der Waals surface area contributed by atoms with Gasteiger partial charge in [-0.2, -0.15) is 5.10 Å². The highest BCUT2D eigenvalue weighted by Crippen LogP contribution is 2.31. The molecule has 1 aromatic heterocycles. The molecule has 0 bridgehead atoms. The molecule has 4 heteroatoms. The lowest BCUT2D eigenvalue weighted by atomic mass is 9.89. The molecule has 1 unspecified atom stereocenters. The summed E-state index contributed by atoms with van der Waals surface area (Å²) in [6.45, 7) is 12.1. The molecule has 18 heavy (non-hydrogen) atoms. The molecule has 0 aliphatic heterocycles. The summed E-state index contributed by atoms with van der Waals surface area (Å²) in [7, 11) is 0. The van der Waals surface area contributed by atoms with Crippen LogP contribution in [0.1, 0.15) is 52.4 Å². The van der Waals surface area contributed by atoms with Crippen LogP contribution in [0.15, 0.2) is 4.47 Å². The number of hydrogen-bond acceptors (Lipinski definition) is 1. The molecule has 1 atom stereocenters. The van der Waals surface area contributed by atoms with Gasteiger partial charge in [-0.15, -0.1) is 0 Å². The normalized spacial score (nSPS) is 13.9. The van der Waals surface area contributed by atoms with Crippen LogP contribution < -0.4 is 0 Å². The van der Waals surface area contributed by atoms with Crippen molar-refractivity contribution in [2.45, 2.75) is 65.3 Å². The van der Waals surface area contributed by atoms with Crippen molar-refractivity contribution in [1.82, 2.24) is 9.78 Å². The Balaban J connectivity index is 2.81. The molecule has 0 radical (unpaired) electrons. The van der Waals surface area contributed by atoms with E-state index in [1.54, 1.807) is 0 Å². The summed E-state index contributed by atoms with van der Waals surface area (Å²) in [5, 5.41) is 4.64. The molecule has 1 rings (SSSR count). The Hall–Kier alpha value is 0.170. The number of hydrogen-bond donors (Lipinski definition) is 0. The third-order valence-electron chi connectivity index (χ3n) is 3.27. The second-order valence-corrected chi connectivity index (χ2v) is 7.65. The molecule has 0 aromatic carbocycles. The van der Waals surface area contributed by atoms with Crippen molar-refractivity contribution in [3.05, 3.63) is 15.9 Å². The molecule has 1 aromatic rings. The molecule has 0 aliphatic carbocycles. The number of alkyl halides is 1.